The number of nitrogens with one attached hydrogen (secondary N) is 1. The number of benzene rings is 1. The number of carbonyl (C=O) groups excluding carboxylic acids is 2. The van der Waals surface area contributed by atoms with E-state index in [0.717, 1.165) is 31.4 Å². The van der Waals surface area contributed by atoms with Crippen molar-refractivity contribution in [2.24, 2.45) is 0 Å². The Morgan fingerprint density at radius 3 is 2.52 bits per heavy atom. The van der Waals surface area contributed by atoms with Crippen LogP contribution in [0.5, 0.6) is 5.75 Å². The second-order valence-corrected chi connectivity index (χ2v) is 8.65. The number of carbonyl (C=O) groups is 2. The van der Waals surface area contributed by atoms with Crippen LogP contribution in [0.1, 0.15) is 65.1 Å². The number of pyridine rings is 1. The molecule has 0 unspecified atom stereocenters. The van der Waals surface area contributed by atoms with E-state index in [0.29, 0.717) is 5.56 Å². The number of aromatic hydroxyl groups is 1. The van der Waals surface area contributed by atoms with Gasteiger partial charge in [0.05, 0.1) is 0 Å². The fraction of sp³-hybridized carbons (Fsp3) is 0.435. The van der Waals surface area contributed by atoms with Crippen molar-refractivity contribution in [3.63, 3.8) is 0 Å². The lowest BCUT2D eigenvalue weighted by Crippen LogP contribution is -2.57. The number of hydrogen-bond donors (Lipinski definition) is 2. The molecular weight excluding hydrogens is 434 g/mol. The van der Waals surface area contributed by atoms with Gasteiger partial charge in [-0.05, 0) is 50.8 Å². The van der Waals surface area contributed by atoms with Crippen molar-refractivity contribution in [3.05, 3.63) is 62.6 Å². The Morgan fingerprint density at radius 1 is 1.21 bits per heavy atom. The van der Waals surface area contributed by atoms with Gasteiger partial charge in [0, 0.05) is 30.4 Å². The topological polar surface area (TPSA) is 94.9 Å². The first-order chi connectivity index (χ1) is 15.6. The van der Waals surface area contributed by atoms with Crippen LogP contribution in [0.2, 0.25) is 0 Å². The van der Waals surface area contributed by atoms with Crippen LogP contribution in [0.15, 0.2) is 23.1 Å². The van der Waals surface area contributed by atoms with E-state index in [1.54, 1.807) is 11.8 Å². The van der Waals surface area contributed by atoms with Crippen LogP contribution in [0.25, 0.3) is 0 Å². The molecule has 4 rings (SSSR count). The summed E-state index contributed by atoms with van der Waals surface area (Å²) in [6, 6.07) is 2.25. The summed E-state index contributed by atoms with van der Waals surface area (Å²) in [5.74, 6) is -3.84. The fourth-order valence-corrected chi connectivity index (χ4v) is 4.52. The molecule has 1 fully saturated rings. The Bertz CT molecular complexity index is 1170. The van der Waals surface area contributed by atoms with E-state index in [2.05, 4.69) is 5.32 Å². The molecule has 0 saturated carbocycles. The van der Waals surface area contributed by atoms with Crippen molar-refractivity contribution >= 4 is 11.8 Å². The maximum Gasteiger partial charge on any atom is 0.278 e. The number of rotatable bonds is 4. The van der Waals surface area contributed by atoms with Gasteiger partial charge in [-0.3, -0.25) is 24.1 Å². The van der Waals surface area contributed by atoms with E-state index < -0.39 is 46.7 Å². The first kappa shape index (κ1) is 22.8. The van der Waals surface area contributed by atoms with Crippen LogP contribution in [-0.2, 0) is 6.54 Å². The van der Waals surface area contributed by atoms with Crippen LogP contribution in [0.3, 0.4) is 0 Å². The molecule has 0 radical (unpaired) electrons. The minimum Gasteiger partial charge on any atom is -0.502 e. The highest BCUT2D eigenvalue weighted by atomic mass is 19.1. The molecule has 2 aromatic rings. The zero-order chi connectivity index (χ0) is 24.0. The SMILES string of the molecule is CC[C@@H]1CC[C@H](C)N2CN1n1cc(C(=O)NCc3c(F)cc(C)cc3F)c(=O)c(O)c1C2=O. The van der Waals surface area contributed by atoms with Crippen molar-refractivity contribution in [1.29, 1.82) is 0 Å². The molecule has 2 aliphatic rings. The minimum absolute atomic E-state index is 0.0258. The average molecular weight is 460 g/mol. The summed E-state index contributed by atoms with van der Waals surface area (Å²) in [5.41, 5.74) is -1.56. The highest BCUT2D eigenvalue weighted by Gasteiger charge is 2.40. The third-order valence-corrected chi connectivity index (χ3v) is 6.50. The number of halogens is 2. The van der Waals surface area contributed by atoms with Gasteiger partial charge < -0.3 is 15.3 Å². The molecule has 2 bridgehead atoms. The maximum absolute atomic E-state index is 14.1. The number of nitrogens with zero attached hydrogens (tertiary/aromatic N) is 3. The van der Waals surface area contributed by atoms with Crippen LogP contribution in [-0.4, -0.2) is 45.2 Å². The summed E-state index contributed by atoms with van der Waals surface area (Å²) in [4.78, 5) is 40.2. The lowest BCUT2D eigenvalue weighted by Gasteiger charge is -2.42. The molecule has 0 spiro atoms. The Balaban J connectivity index is 1.71. The minimum atomic E-state index is -1.02. The number of fused-ring (bicyclic) bond motifs is 4. The number of aryl methyl sites for hydroxylation is 1. The number of hydrogen-bond acceptors (Lipinski definition) is 5. The summed E-state index contributed by atoms with van der Waals surface area (Å²) in [7, 11) is 0. The van der Waals surface area contributed by atoms with Gasteiger partial charge in [0.25, 0.3) is 11.8 Å². The smallest absolute Gasteiger partial charge is 0.278 e. The third kappa shape index (κ3) is 3.83. The van der Waals surface area contributed by atoms with Gasteiger partial charge in [0.15, 0.2) is 11.4 Å². The number of amides is 2. The summed E-state index contributed by atoms with van der Waals surface area (Å²) < 4.78 is 29.6. The molecule has 8 nitrogen and oxygen atoms in total. The molecule has 2 atom stereocenters. The van der Waals surface area contributed by atoms with E-state index in [1.165, 1.54) is 10.9 Å². The molecule has 1 aromatic carbocycles. The zero-order valence-corrected chi connectivity index (χ0v) is 18.7. The first-order valence-electron chi connectivity index (χ1n) is 10.9. The summed E-state index contributed by atoms with van der Waals surface area (Å²) in [5, 5.41) is 14.8. The van der Waals surface area contributed by atoms with Gasteiger partial charge in [0.2, 0.25) is 5.43 Å². The van der Waals surface area contributed by atoms with Crippen molar-refractivity contribution in [3.8, 4) is 5.75 Å². The second-order valence-electron chi connectivity index (χ2n) is 8.65. The highest BCUT2D eigenvalue weighted by molar-refractivity contribution is 5.99. The highest BCUT2D eigenvalue weighted by Crippen LogP contribution is 2.29. The molecule has 10 heteroatoms. The van der Waals surface area contributed by atoms with Gasteiger partial charge in [-0.15, -0.1) is 0 Å². The summed E-state index contributed by atoms with van der Waals surface area (Å²) >= 11 is 0. The zero-order valence-electron chi connectivity index (χ0n) is 18.7. The molecule has 1 saturated heterocycles. The molecule has 2 amide bonds. The van der Waals surface area contributed by atoms with Gasteiger partial charge in [-0.25, -0.2) is 8.78 Å². The van der Waals surface area contributed by atoms with Crippen molar-refractivity contribution in [2.45, 2.75) is 58.7 Å². The van der Waals surface area contributed by atoms with Gasteiger partial charge >= 0.3 is 0 Å². The molecule has 2 aliphatic heterocycles. The van der Waals surface area contributed by atoms with Crippen LogP contribution in [0, 0.1) is 18.6 Å². The van der Waals surface area contributed by atoms with Crippen molar-refractivity contribution in [2.75, 3.05) is 11.7 Å². The Hall–Kier alpha value is -3.43. The van der Waals surface area contributed by atoms with Crippen LogP contribution in [0.4, 0.5) is 8.78 Å². The average Bonchev–Trinajstić information content (AvgIpc) is 2.90. The van der Waals surface area contributed by atoms with E-state index in [4.69, 9.17) is 0 Å². The monoisotopic (exact) mass is 460 g/mol. The normalized spacial score (nSPS) is 19.8. The maximum atomic E-state index is 14.1. The quantitative estimate of drug-likeness (QED) is 0.731. The Labute approximate surface area is 189 Å². The largest absolute Gasteiger partial charge is 0.502 e. The molecule has 33 heavy (non-hydrogen) atoms. The first-order valence-corrected chi connectivity index (χ1v) is 10.9. The Kier molecular flexibility index (Phi) is 5.85. The van der Waals surface area contributed by atoms with Gasteiger partial charge in [-0.1, -0.05) is 6.92 Å². The molecule has 2 N–H and O–H groups in total. The van der Waals surface area contributed by atoms with E-state index in [9.17, 15) is 28.3 Å². The third-order valence-electron chi connectivity index (χ3n) is 6.50. The lowest BCUT2D eigenvalue weighted by molar-refractivity contribution is 0.0626. The molecule has 3 heterocycles. The van der Waals surface area contributed by atoms with E-state index >= 15 is 0 Å². The molecule has 0 aliphatic carbocycles. The van der Waals surface area contributed by atoms with E-state index in [-0.39, 0.29) is 30.0 Å². The lowest BCUT2D eigenvalue weighted by atomic mass is 10.1. The standard InChI is InChI=1S/C23H26F2N4O4/c1-4-14-6-5-13(3)27-11-29(14)28-10-16(20(30)21(31)19(28)23(27)33)22(32)26-9-15-17(24)7-12(2)8-18(15)25/h7-8,10,13-14,31H,4-6,9,11H2,1-3H3,(H,26,32)/t13-,14+/m0/s1. The predicted octanol–water partition coefficient (Wildman–Crippen LogP) is 2.38. The van der Waals surface area contributed by atoms with Crippen LogP contribution >= 0.6 is 0 Å². The molecular formula is C23H26F2N4O4. The predicted molar refractivity (Wildman–Crippen MR) is 117 cm³/mol. The molecule has 1 aromatic heterocycles. The molecule has 176 valence electrons. The van der Waals surface area contributed by atoms with Crippen LogP contribution < -0.4 is 15.8 Å². The van der Waals surface area contributed by atoms with Gasteiger partial charge in [-0.2, -0.15) is 0 Å². The number of aromatic nitrogens is 1. The van der Waals surface area contributed by atoms with Crippen molar-refractivity contribution in [1.82, 2.24) is 14.9 Å². The summed E-state index contributed by atoms with van der Waals surface area (Å²) in [6.45, 7) is 5.24. The van der Waals surface area contributed by atoms with Crippen molar-refractivity contribution < 1.29 is 23.5 Å². The van der Waals surface area contributed by atoms with E-state index in [1.807, 2.05) is 18.9 Å². The summed E-state index contributed by atoms with van der Waals surface area (Å²) in [6.07, 6.45) is 3.54. The Morgan fingerprint density at radius 2 is 1.88 bits per heavy atom. The fourth-order valence-electron chi connectivity index (χ4n) is 4.52. The second kappa shape index (κ2) is 8.49. The van der Waals surface area contributed by atoms with Gasteiger partial charge in [0.1, 0.15) is 23.9 Å².